The summed E-state index contributed by atoms with van der Waals surface area (Å²) >= 11 is 0. The Morgan fingerprint density at radius 2 is 2.00 bits per heavy atom. The van der Waals surface area contributed by atoms with E-state index in [1.807, 2.05) is 12.1 Å². The van der Waals surface area contributed by atoms with Gasteiger partial charge in [-0.25, -0.2) is 0 Å². The van der Waals surface area contributed by atoms with Crippen molar-refractivity contribution in [1.29, 1.82) is 0 Å². The molecule has 0 aliphatic heterocycles. The van der Waals surface area contributed by atoms with E-state index in [4.69, 9.17) is 5.73 Å². The van der Waals surface area contributed by atoms with Crippen LogP contribution in [0.2, 0.25) is 0 Å². The van der Waals surface area contributed by atoms with E-state index >= 15 is 0 Å². The fraction of sp³-hybridized carbons (Fsp3) is 0.400. The van der Waals surface area contributed by atoms with E-state index in [0.29, 0.717) is 0 Å². The molecule has 1 nitrogen and oxygen atoms in total. The van der Waals surface area contributed by atoms with Crippen LogP contribution in [-0.2, 0) is 0 Å². The van der Waals surface area contributed by atoms with Crippen LogP contribution in [0, 0.1) is 5.92 Å². The van der Waals surface area contributed by atoms with Gasteiger partial charge in [0, 0.05) is 5.69 Å². The van der Waals surface area contributed by atoms with Crippen LogP contribution in [-0.4, -0.2) is 0 Å². The third kappa shape index (κ3) is 1.11. The fourth-order valence-corrected chi connectivity index (χ4v) is 1.60. The van der Waals surface area contributed by atoms with Gasteiger partial charge in [0.25, 0.3) is 0 Å². The lowest BCUT2D eigenvalue weighted by Crippen LogP contribution is -1.91. The van der Waals surface area contributed by atoms with E-state index < -0.39 is 0 Å². The van der Waals surface area contributed by atoms with Crippen LogP contribution >= 0.6 is 0 Å². The van der Waals surface area contributed by atoms with Gasteiger partial charge in [0.15, 0.2) is 0 Å². The number of para-hydroxylation sites is 1. The second-order valence-electron chi connectivity index (χ2n) is 3.45. The van der Waals surface area contributed by atoms with Crippen LogP contribution < -0.4 is 5.73 Å². The molecule has 1 saturated carbocycles. The highest BCUT2D eigenvalue weighted by Gasteiger charge is 2.34. The Hall–Kier alpha value is -0.980. The molecule has 1 aromatic rings. The van der Waals surface area contributed by atoms with Crippen LogP contribution in [0.3, 0.4) is 0 Å². The summed E-state index contributed by atoms with van der Waals surface area (Å²) in [5.74, 6) is 1.59. The first kappa shape index (κ1) is 6.71. The van der Waals surface area contributed by atoms with E-state index in [-0.39, 0.29) is 0 Å². The Morgan fingerprint density at radius 1 is 1.36 bits per heavy atom. The minimum absolute atomic E-state index is 0.746. The van der Waals surface area contributed by atoms with Crippen molar-refractivity contribution in [2.45, 2.75) is 19.3 Å². The lowest BCUT2D eigenvalue weighted by atomic mass is 10.1. The maximum atomic E-state index is 5.82. The van der Waals surface area contributed by atoms with Crippen molar-refractivity contribution < 1.29 is 0 Å². The second kappa shape index (κ2) is 2.26. The maximum Gasteiger partial charge on any atom is 0.0349 e. The zero-order chi connectivity index (χ0) is 7.84. The molecule has 1 aromatic carbocycles. The first-order chi connectivity index (χ1) is 5.29. The summed E-state index contributed by atoms with van der Waals surface area (Å²) in [6, 6.07) is 8.19. The summed E-state index contributed by atoms with van der Waals surface area (Å²) in [5.41, 5.74) is 8.13. The Kier molecular flexibility index (Phi) is 1.38. The second-order valence-corrected chi connectivity index (χ2v) is 3.45. The fourth-order valence-electron chi connectivity index (χ4n) is 1.60. The van der Waals surface area contributed by atoms with Gasteiger partial charge in [-0.2, -0.15) is 0 Å². The topological polar surface area (TPSA) is 26.0 Å². The third-order valence-electron chi connectivity index (χ3n) is 2.50. The van der Waals surface area contributed by atoms with Crippen molar-refractivity contribution in [3.63, 3.8) is 0 Å². The molecule has 0 amide bonds. The van der Waals surface area contributed by atoms with Gasteiger partial charge in [0.2, 0.25) is 0 Å². The van der Waals surface area contributed by atoms with Gasteiger partial charge in [-0.3, -0.25) is 0 Å². The molecule has 0 heterocycles. The summed E-state index contributed by atoms with van der Waals surface area (Å²) in [7, 11) is 0. The number of nitrogen functional groups attached to an aromatic ring is 1. The molecule has 0 radical (unpaired) electrons. The molecule has 1 heteroatoms. The summed E-state index contributed by atoms with van der Waals surface area (Å²) in [4.78, 5) is 0. The molecule has 0 unspecified atom stereocenters. The number of rotatable bonds is 1. The molecule has 11 heavy (non-hydrogen) atoms. The van der Waals surface area contributed by atoms with E-state index in [1.54, 1.807) is 0 Å². The van der Waals surface area contributed by atoms with Crippen LogP contribution in [0.4, 0.5) is 5.69 Å². The van der Waals surface area contributed by atoms with Crippen molar-refractivity contribution in [2.75, 3.05) is 5.73 Å². The third-order valence-corrected chi connectivity index (χ3v) is 2.50. The number of nitrogens with two attached hydrogens (primary N) is 1. The Bertz CT molecular complexity index is 267. The van der Waals surface area contributed by atoms with Gasteiger partial charge in [0.05, 0.1) is 0 Å². The molecular formula is C10H13N. The van der Waals surface area contributed by atoms with Gasteiger partial charge < -0.3 is 5.73 Å². The summed E-state index contributed by atoms with van der Waals surface area (Å²) < 4.78 is 0. The first-order valence-corrected chi connectivity index (χ1v) is 4.13. The van der Waals surface area contributed by atoms with Gasteiger partial charge in [-0.15, -0.1) is 0 Å². The van der Waals surface area contributed by atoms with Crippen molar-refractivity contribution in [2.24, 2.45) is 5.92 Å². The highest BCUT2D eigenvalue weighted by molar-refractivity contribution is 5.50. The number of anilines is 1. The molecule has 2 N–H and O–H groups in total. The van der Waals surface area contributed by atoms with Crippen LogP contribution in [0.15, 0.2) is 24.3 Å². The number of hydrogen-bond acceptors (Lipinski definition) is 1. The highest BCUT2D eigenvalue weighted by atomic mass is 14.6. The lowest BCUT2D eigenvalue weighted by Gasteiger charge is -2.01. The molecule has 1 aliphatic carbocycles. The first-order valence-electron chi connectivity index (χ1n) is 4.13. The van der Waals surface area contributed by atoms with E-state index in [0.717, 1.165) is 17.5 Å². The van der Waals surface area contributed by atoms with Crippen molar-refractivity contribution in [3.8, 4) is 0 Å². The molecule has 1 fully saturated rings. The van der Waals surface area contributed by atoms with Gasteiger partial charge in [-0.1, -0.05) is 25.1 Å². The van der Waals surface area contributed by atoms with Crippen LogP contribution in [0.25, 0.3) is 0 Å². The maximum absolute atomic E-state index is 5.82. The van der Waals surface area contributed by atoms with Gasteiger partial charge in [0.1, 0.15) is 0 Å². The van der Waals surface area contributed by atoms with Crippen LogP contribution in [0.1, 0.15) is 24.8 Å². The number of hydrogen-bond donors (Lipinski definition) is 1. The molecular weight excluding hydrogens is 134 g/mol. The van der Waals surface area contributed by atoms with Crippen molar-refractivity contribution in [3.05, 3.63) is 29.8 Å². The van der Waals surface area contributed by atoms with E-state index in [1.165, 1.54) is 12.0 Å². The van der Waals surface area contributed by atoms with Gasteiger partial charge in [-0.05, 0) is 29.9 Å². The smallest absolute Gasteiger partial charge is 0.0349 e. The summed E-state index contributed by atoms with van der Waals surface area (Å²) in [5, 5.41) is 0. The predicted molar refractivity (Wildman–Crippen MR) is 47.4 cm³/mol. The zero-order valence-corrected chi connectivity index (χ0v) is 6.75. The van der Waals surface area contributed by atoms with Crippen molar-refractivity contribution >= 4 is 5.69 Å². The molecule has 0 saturated heterocycles. The molecule has 0 aromatic heterocycles. The monoisotopic (exact) mass is 147 g/mol. The minimum atomic E-state index is 0.746. The van der Waals surface area contributed by atoms with E-state index in [9.17, 15) is 0 Å². The predicted octanol–water partition coefficient (Wildman–Crippen LogP) is 2.39. The summed E-state index contributed by atoms with van der Waals surface area (Å²) in [6.45, 7) is 2.27. The lowest BCUT2D eigenvalue weighted by molar-refractivity contribution is 0.916. The minimum Gasteiger partial charge on any atom is -0.398 e. The average molecular weight is 147 g/mol. The molecule has 2 atom stereocenters. The molecule has 58 valence electrons. The Balaban J connectivity index is 2.31. The molecule has 2 rings (SSSR count). The highest BCUT2D eigenvalue weighted by Crippen LogP contribution is 2.48. The quantitative estimate of drug-likeness (QED) is 0.606. The Morgan fingerprint density at radius 3 is 2.55 bits per heavy atom. The normalized spacial score (nSPS) is 28.5. The average Bonchev–Trinajstić information content (AvgIpc) is 2.68. The summed E-state index contributed by atoms with van der Waals surface area (Å²) in [6.07, 6.45) is 1.31. The molecule has 0 spiro atoms. The SMILES string of the molecule is C[C@H]1C[C@@H]1c1ccccc1N. The Labute approximate surface area is 67.2 Å². The zero-order valence-electron chi connectivity index (χ0n) is 6.75. The molecule has 0 bridgehead atoms. The molecule has 1 aliphatic rings. The van der Waals surface area contributed by atoms with Gasteiger partial charge >= 0.3 is 0 Å². The standard InChI is InChI=1S/C10H13N/c1-7-6-9(7)8-4-2-3-5-10(8)11/h2-5,7,9H,6,11H2,1H3/t7-,9-/m0/s1. The number of benzene rings is 1. The van der Waals surface area contributed by atoms with Crippen LogP contribution in [0.5, 0.6) is 0 Å². The van der Waals surface area contributed by atoms with E-state index in [2.05, 4.69) is 19.1 Å². The van der Waals surface area contributed by atoms with Crippen molar-refractivity contribution in [1.82, 2.24) is 0 Å². The largest absolute Gasteiger partial charge is 0.398 e.